The van der Waals surface area contributed by atoms with Crippen molar-refractivity contribution in [2.24, 2.45) is 0 Å². The molecular formula is C65H81N13O38P5S+. The molecule has 57 heteroatoms. The molecule has 8 aromatic rings. The molecule has 0 bridgehead atoms. The van der Waals surface area contributed by atoms with Crippen LogP contribution in [0.2, 0.25) is 0 Å². The predicted octanol–water partition coefficient (Wildman–Crippen LogP) is -0.109. The van der Waals surface area contributed by atoms with Crippen LogP contribution in [0.5, 0.6) is 0 Å². The first-order valence-electron chi connectivity index (χ1n) is 36.6. The summed E-state index contributed by atoms with van der Waals surface area (Å²) in [5.41, 5.74) is -7.18. The first kappa shape index (κ1) is 92.4. The molecule has 0 radical (unpaired) electrons. The quantitative estimate of drug-likeness (QED) is 0.0105. The van der Waals surface area contributed by atoms with E-state index in [2.05, 4.69) is 19.7 Å². The van der Waals surface area contributed by atoms with Crippen LogP contribution in [0.25, 0.3) is 23.1 Å². The van der Waals surface area contributed by atoms with Crippen molar-refractivity contribution in [2.75, 3.05) is 44.4 Å². The second-order valence-electron chi connectivity index (χ2n) is 28.0. The number of pyridine rings is 1. The lowest BCUT2D eigenvalue weighted by Crippen LogP contribution is -2.40. The first-order chi connectivity index (χ1) is 57.3. The van der Waals surface area contributed by atoms with E-state index in [1.165, 1.54) is 60.6 Å². The Morgan fingerprint density at radius 1 is 0.574 bits per heavy atom. The SMILES string of the molecule is CCN(CC)c1ccc2cc(/C=C/c3cc[n+](CCCn4cc(CO[C@H]5C(n6ccc(=O)[nH]c6=O)O[C@H](COP(=O)(O)O[C@H]6C[C@H](n7cc(C)c(=O)[nH]c7=O)O[C@@H]6COP(=O)(O)O[C@H]6C[C@H](n7cc(C)c(=O)[nH]c7=O)O[C@@H]6COP(=O)(O)O)[C@H]5OP(=O)(O)OC[C@H]5O[C@@H](n6cc(C)c(=O)[nH]c6=O)C[C@@H]5OP(=O)(O)O)nn4)c(S(=O)(=O)O)c3)c(=O)oc2c1. The summed E-state index contributed by atoms with van der Waals surface area (Å²) in [5.74, 6) is 0. The second-order valence-corrected chi connectivity index (χ2v) is 36.0. The van der Waals surface area contributed by atoms with Gasteiger partial charge in [-0.05, 0) is 64.5 Å². The maximum atomic E-state index is 14.6. The van der Waals surface area contributed by atoms with Crippen molar-refractivity contribution in [3.8, 4) is 0 Å². The van der Waals surface area contributed by atoms with Crippen molar-refractivity contribution < 1.29 is 139 Å². The van der Waals surface area contributed by atoms with Gasteiger partial charge in [-0.2, -0.15) is 13.0 Å². The minimum Gasteiger partial charge on any atom is -0.422 e. The molecule has 12 N–H and O–H groups in total. The Morgan fingerprint density at radius 3 is 1.57 bits per heavy atom. The molecule has 12 rings (SSSR count). The Hall–Kier alpha value is -8.76. The molecule has 11 heterocycles. The first-order valence-corrected chi connectivity index (χ1v) is 45.6. The molecular weight excluding hydrogens is 1760 g/mol. The fraction of sp³-hybridized carbons (Fsp3) is 0.477. The zero-order valence-electron chi connectivity index (χ0n) is 64.4. The number of fused-ring (bicyclic) bond motifs is 1. The Labute approximate surface area is 683 Å². The molecule has 0 spiro atoms. The third-order valence-corrected chi connectivity index (χ3v) is 24.3. The Balaban J connectivity index is 0.793. The predicted molar refractivity (Wildman–Crippen MR) is 410 cm³/mol. The van der Waals surface area contributed by atoms with Crippen molar-refractivity contribution in [1.29, 1.82) is 0 Å². The molecule has 0 saturated carbocycles. The number of aryl methyl sites for hydroxylation is 5. The third kappa shape index (κ3) is 23.2. The Bertz CT molecular complexity index is 6230. The maximum absolute atomic E-state index is 14.6. The highest BCUT2D eigenvalue weighted by Crippen LogP contribution is 2.55. The lowest BCUT2D eigenvalue weighted by atomic mass is 10.1. The van der Waals surface area contributed by atoms with Crippen LogP contribution in [0, 0.1) is 20.8 Å². The number of nitrogens with one attached hydrogen (secondary N) is 4. The monoisotopic (exact) mass is 1840 g/mol. The number of ether oxygens (including phenoxy) is 5. The normalized spacial score (nSPS) is 24.3. The van der Waals surface area contributed by atoms with Gasteiger partial charge in [0.05, 0.1) is 44.8 Å². The van der Waals surface area contributed by atoms with Gasteiger partial charge in [-0.15, -0.1) is 5.10 Å². The van der Waals surface area contributed by atoms with E-state index in [0.29, 0.717) is 28.6 Å². The van der Waals surface area contributed by atoms with Crippen LogP contribution in [-0.2, 0) is 113 Å². The summed E-state index contributed by atoms with van der Waals surface area (Å²) in [7, 11) is -33.0. The van der Waals surface area contributed by atoms with Crippen LogP contribution < -0.4 is 60.1 Å². The fourth-order valence-corrected chi connectivity index (χ4v) is 18.1. The molecule has 4 aliphatic rings. The van der Waals surface area contributed by atoms with Crippen molar-refractivity contribution >= 4 is 78.0 Å². The van der Waals surface area contributed by atoms with E-state index in [0.717, 1.165) is 56.3 Å². The molecule has 0 aliphatic carbocycles. The van der Waals surface area contributed by atoms with E-state index in [4.69, 9.17) is 59.8 Å². The number of anilines is 1. The van der Waals surface area contributed by atoms with Crippen molar-refractivity contribution in [3.63, 3.8) is 0 Å². The molecule has 51 nitrogen and oxygen atoms in total. The number of aromatic amines is 4. The lowest BCUT2D eigenvalue weighted by Gasteiger charge is -2.27. The van der Waals surface area contributed by atoms with E-state index >= 15 is 0 Å². The van der Waals surface area contributed by atoms with Crippen molar-refractivity contribution in [1.82, 2.24) is 53.2 Å². The van der Waals surface area contributed by atoms with Gasteiger partial charge >= 0.3 is 82.6 Å². The van der Waals surface area contributed by atoms with Crippen molar-refractivity contribution in [3.05, 3.63) is 207 Å². The number of H-pyrrole nitrogens is 4. The molecule has 7 aromatic heterocycles. The van der Waals surface area contributed by atoms with E-state index in [1.807, 2.05) is 39.8 Å². The molecule has 1 aromatic carbocycles. The molecule has 0 amide bonds. The number of nitrogens with zero attached hydrogens (tertiary/aromatic N) is 9. The summed E-state index contributed by atoms with van der Waals surface area (Å²) < 4.78 is 187. The van der Waals surface area contributed by atoms with Crippen molar-refractivity contribution in [2.45, 2.75) is 165 Å². The number of rotatable bonds is 37. The van der Waals surface area contributed by atoms with Gasteiger partial charge in [-0.3, -0.25) is 103 Å². The van der Waals surface area contributed by atoms with Gasteiger partial charge in [0.2, 0.25) is 0 Å². The highest BCUT2D eigenvalue weighted by molar-refractivity contribution is 7.85. The standard InChI is InChI=1S/C65H80N13O38P5S/c1-6-72(7-2)41-12-11-38-20-39(61(83)112-42(38)21-41)10-9-37-13-17-73(54(19-37)122(100,101)102)15-8-16-74-28-40(70-71-74)29-103-56-55(116-121(98,99)106-31-47-43(113-118(91,92)93)22-51(109-47)76-25-34(3)57(80)67-63(76)85)49(111-60(56)75-18-14-50(79)66-62(75)84)33-107-120(96,97)115-45-24-53(78-27-36(5)59(82)69-65(78)87)110-48(45)32-105-119(94,95)114-44-23-52(108-46(44)30-104-117(88,89)90)77-26-35(4)58(81)68-64(77)86/h9-14,17-21,25-28,43-49,51-53,55-56,60H,6-8,15-16,22-24,29-33H2,1-5H3,(H11-,66,67,68,69,79,80,81,82,84,85,86,87,88,89,90,91,92,93,94,95,96,97,98,99,100,101,102)/p+1/t43-,44-,45-,46+,47+,48+,49+,51+,52+,53+,55+,56+,60?/m0/s1. The lowest BCUT2D eigenvalue weighted by molar-refractivity contribution is -0.734. The molecule has 4 saturated heterocycles. The topological polar surface area (TPSA) is 689 Å². The molecule has 122 heavy (non-hydrogen) atoms. The highest BCUT2D eigenvalue weighted by atomic mass is 32.2. The van der Waals surface area contributed by atoms with E-state index in [-0.39, 0.29) is 53.0 Å². The molecule has 4 fully saturated rings. The van der Waals surface area contributed by atoms with E-state index in [9.17, 15) is 113 Å². The average molecular weight is 1840 g/mol. The van der Waals surface area contributed by atoms with Crippen LogP contribution in [0.4, 0.5) is 5.69 Å². The van der Waals surface area contributed by atoms with Gasteiger partial charge in [0.1, 0.15) is 84.9 Å². The number of phosphoric ester groups is 5. The van der Waals surface area contributed by atoms with Gasteiger partial charge < -0.3 is 67.3 Å². The summed E-state index contributed by atoms with van der Waals surface area (Å²) in [6.07, 6.45) is -16.0. The largest absolute Gasteiger partial charge is 0.472 e. The number of hydrogen-bond acceptors (Lipinski definition) is 33. The van der Waals surface area contributed by atoms with Crippen LogP contribution in [0.15, 0.2) is 132 Å². The number of aromatic nitrogens is 12. The van der Waals surface area contributed by atoms with Gasteiger partial charge in [0.25, 0.3) is 22.2 Å². The summed E-state index contributed by atoms with van der Waals surface area (Å²) in [4.78, 5) is 199. The summed E-state index contributed by atoms with van der Waals surface area (Å²) in [6.45, 7) is 3.63. The zero-order chi connectivity index (χ0) is 88.5. The average Bonchev–Trinajstić information content (AvgIpc) is 1.60. The number of hydrogen-bond donors (Lipinski definition) is 12. The summed E-state index contributed by atoms with van der Waals surface area (Å²) in [6, 6.07) is 10.5. The fourth-order valence-electron chi connectivity index (χ4n) is 13.6. The zero-order valence-corrected chi connectivity index (χ0v) is 69.6. The molecule has 4 unspecified atom stereocenters. The third-order valence-electron chi connectivity index (χ3n) is 19.4. The number of phosphoric acid groups is 5. The maximum Gasteiger partial charge on any atom is 0.472 e. The Kier molecular flexibility index (Phi) is 28.5. The minimum absolute atomic E-state index is 0.0134. The summed E-state index contributed by atoms with van der Waals surface area (Å²) >= 11 is 0. The van der Waals surface area contributed by atoms with Crippen LogP contribution in [-0.4, -0.2) is 195 Å². The van der Waals surface area contributed by atoms with Gasteiger partial charge in [-0.1, -0.05) is 11.3 Å². The highest BCUT2D eigenvalue weighted by Gasteiger charge is 2.54. The Morgan fingerprint density at radius 2 is 1.07 bits per heavy atom. The molecule has 4 aliphatic heterocycles. The molecule has 664 valence electrons. The van der Waals surface area contributed by atoms with Gasteiger partial charge in [0.15, 0.2) is 19.0 Å². The van der Waals surface area contributed by atoms with Crippen LogP contribution >= 0.6 is 39.1 Å². The van der Waals surface area contributed by atoms with Crippen LogP contribution in [0.1, 0.15) is 98.0 Å². The summed E-state index contributed by atoms with van der Waals surface area (Å²) in [5, 5.41) is 8.27. The number of benzene rings is 1. The smallest absolute Gasteiger partial charge is 0.422 e. The minimum atomic E-state index is -5.87. The van der Waals surface area contributed by atoms with Gasteiger partial charge in [-0.25, -0.2) is 46.8 Å². The van der Waals surface area contributed by atoms with E-state index in [1.54, 1.807) is 18.2 Å². The van der Waals surface area contributed by atoms with Crippen LogP contribution in [0.3, 0.4) is 0 Å². The van der Waals surface area contributed by atoms with Gasteiger partial charge in [0, 0.05) is 122 Å². The second kappa shape index (κ2) is 37.6. The van der Waals surface area contributed by atoms with E-state index < -0.39 is 237 Å². The molecule has 16 atom stereocenters.